The van der Waals surface area contributed by atoms with Crippen molar-refractivity contribution in [1.82, 2.24) is 14.5 Å². The maximum atomic E-state index is 12.8. The van der Waals surface area contributed by atoms with Crippen molar-refractivity contribution in [1.29, 1.82) is 0 Å². The van der Waals surface area contributed by atoms with Gasteiger partial charge < -0.3 is 15.5 Å². The molecule has 3 rings (SSSR count). The number of nitrogens with one attached hydrogen (secondary N) is 2. The van der Waals surface area contributed by atoms with Gasteiger partial charge in [-0.2, -0.15) is 0 Å². The predicted octanol–water partition coefficient (Wildman–Crippen LogP) is 2.49. The highest BCUT2D eigenvalue weighted by atomic mass is 35.5. The van der Waals surface area contributed by atoms with Gasteiger partial charge in [-0.25, -0.2) is 9.59 Å². The molecule has 0 radical (unpaired) electrons. The minimum atomic E-state index is -0.302. The van der Waals surface area contributed by atoms with Gasteiger partial charge in [0, 0.05) is 49.1 Å². The Balaban J connectivity index is 1.72. The second-order valence-corrected chi connectivity index (χ2v) is 7.46. The first kappa shape index (κ1) is 21.0. The number of aryl methyl sites for hydroxylation is 1. The van der Waals surface area contributed by atoms with Crippen molar-refractivity contribution in [3.63, 3.8) is 0 Å². The summed E-state index contributed by atoms with van der Waals surface area (Å²) in [7, 11) is 0. The predicted molar refractivity (Wildman–Crippen MR) is 115 cm³/mol. The summed E-state index contributed by atoms with van der Waals surface area (Å²) in [6, 6.07) is 6.48. The molecule has 29 heavy (non-hydrogen) atoms. The molecule has 8 nitrogen and oxygen atoms in total. The molecule has 0 saturated carbocycles. The fraction of sp³-hybridized carbons (Fsp3) is 0.450. The Morgan fingerprint density at radius 3 is 2.55 bits per heavy atom. The average molecular weight is 420 g/mol. The smallest absolute Gasteiger partial charge is 0.331 e. The number of halogens is 1. The first-order chi connectivity index (χ1) is 13.9. The van der Waals surface area contributed by atoms with Gasteiger partial charge in [0.05, 0.1) is 0 Å². The van der Waals surface area contributed by atoms with E-state index in [1.807, 2.05) is 11.8 Å². The highest BCUT2D eigenvalue weighted by Gasteiger charge is 2.24. The van der Waals surface area contributed by atoms with E-state index in [1.54, 1.807) is 42.0 Å². The van der Waals surface area contributed by atoms with Crippen molar-refractivity contribution in [2.45, 2.75) is 45.8 Å². The number of amides is 2. The first-order valence-electron chi connectivity index (χ1n) is 9.85. The zero-order valence-electron chi connectivity index (χ0n) is 16.7. The number of anilines is 2. The molecule has 1 unspecified atom stereocenters. The lowest BCUT2D eigenvalue weighted by Gasteiger charge is -2.34. The lowest BCUT2D eigenvalue weighted by Crippen LogP contribution is -2.51. The molecule has 1 aliphatic heterocycles. The number of rotatable bonds is 5. The van der Waals surface area contributed by atoms with Crippen LogP contribution in [0.25, 0.3) is 0 Å². The number of piperidine rings is 1. The molecule has 1 aromatic carbocycles. The summed E-state index contributed by atoms with van der Waals surface area (Å²) in [6.07, 6.45) is 3.29. The van der Waals surface area contributed by atoms with Crippen LogP contribution in [0.15, 0.2) is 40.1 Å². The lowest BCUT2D eigenvalue weighted by molar-refractivity contribution is 0.246. The van der Waals surface area contributed by atoms with Crippen molar-refractivity contribution in [3.05, 3.63) is 56.3 Å². The third-order valence-electron chi connectivity index (χ3n) is 5.08. The topological polar surface area (TPSA) is 88.4 Å². The number of carbonyl (C=O) groups excluding carboxylic acids is 1. The Kier molecular flexibility index (Phi) is 6.64. The molecule has 156 valence electrons. The van der Waals surface area contributed by atoms with Crippen LogP contribution >= 0.6 is 11.6 Å². The molecule has 1 fully saturated rings. The molecule has 2 amide bonds. The van der Waals surface area contributed by atoms with Crippen LogP contribution in [0.5, 0.6) is 0 Å². The van der Waals surface area contributed by atoms with Gasteiger partial charge in [-0.3, -0.25) is 13.9 Å². The van der Waals surface area contributed by atoms with Crippen LogP contribution in [-0.4, -0.2) is 34.3 Å². The van der Waals surface area contributed by atoms with Crippen LogP contribution in [0.1, 0.15) is 26.7 Å². The number of aromatic nitrogens is 2. The van der Waals surface area contributed by atoms with E-state index >= 15 is 0 Å². The number of hydrogen-bond acceptors (Lipinski definition) is 4. The van der Waals surface area contributed by atoms with E-state index in [1.165, 1.54) is 4.57 Å². The van der Waals surface area contributed by atoms with Crippen LogP contribution in [0, 0.1) is 0 Å². The fourth-order valence-corrected chi connectivity index (χ4v) is 3.69. The summed E-state index contributed by atoms with van der Waals surface area (Å²) in [4.78, 5) is 39.4. The Morgan fingerprint density at radius 1 is 1.17 bits per heavy atom. The molecule has 0 bridgehead atoms. The van der Waals surface area contributed by atoms with E-state index in [9.17, 15) is 14.4 Å². The molecular weight excluding hydrogens is 394 g/mol. The van der Waals surface area contributed by atoms with Gasteiger partial charge in [0.1, 0.15) is 5.69 Å². The monoisotopic (exact) mass is 419 g/mol. The van der Waals surface area contributed by atoms with Gasteiger partial charge in [-0.05, 0) is 51.0 Å². The van der Waals surface area contributed by atoms with Gasteiger partial charge in [0.2, 0.25) is 0 Å². The summed E-state index contributed by atoms with van der Waals surface area (Å²) < 4.78 is 2.80. The van der Waals surface area contributed by atoms with Crippen molar-refractivity contribution < 1.29 is 4.79 Å². The normalized spacial score (nSPS) is 16.5. The number of hydrogen-bond donors (Lipinski definition) is 2. The molecule has 2 heterocycles. The van der Waals surface area contributed by atoms with Crippen LogP contribution in [0.4, 0.5) is 16.2 Å². The lowest BCUT2D eigenvalue weighted by atomic mass is 10.1. The van der Waals surface area contributed by atoms with E-state index in [2.05, 4.69) is 10.6 Å². The molecular formula is C20H26ClN5O3. The van der Waals surface area contributed by atoms with Gasteiger partial charge in [-0.15, -0.1) is 0 Å². The summed E-state index contributed by atoms with van der Waals surface area (Å²) in [6.45, 7) is 5.69. The van der Waals surface area contributed by atoms with E-state index < -0.39 is 0 Å². The summed E-state index contributed by atoms with van der Waals surface area (Å²) in [5, 5.41) is 6.36. The van der Waals surface area contributed by atoms with Crippen LogP contribution < -0.4 is 26.8 Å². The second kappa shape index (κ2) is 9.17. The second-order valence-electron chi connectivity index (χ2n) is 7.02. The Bertz CT molecular complexity index is 983. The molecule has 9 heteroatoms. The first-order valence-corrected chi connectivity index (χ1v) is 10.2. The molecule has 0 aliphatic carbocycles. The molecule has 1 aliphatic rings. The highest BCUT2D eigenvalue weighted by molar-refractivity contribution is 6.30. The van der Waals surface area contributed by atoms with Gasteiger partial charge in [0.25, 0.3) is 5.56 Å². The van der Waals surface area contributed by atoms with E-state index in [-0.39, 0.29) is 23.3 Å². The van der Waals surface area contributed by atoms with Crippen LogP contribution in [-0.2, 0) is 13.1 Å². The van der Waals surface area contributed by atoms with E-state index in [0.29, 0.717) is 42.6 Å². The Morgan fingerprint density at radius 2 is 1.90 bits per heavy atom. The largest absolute Gasteiger partial charge is 0.364 e. The molecule has 0 spiro atoms. The number of urea groups is 1. The van der Waals surface area contributed by atoms with Gasteiger partial charge in [0.15, 0.2) is 0 Å². The highest BCUT2D eigenvalue weighted by Crippen LogP contribution is 2.17. The van der Waals surface area contributed by atoms with Crippen molar-refractivity contribution in [3.8, 4) is 0 Å². The average Bonchev–Trinajstić information content (AvgIpc) is 2.70. The minimum Gasteiger partial charge on any atom is -0.364 e. The number of nitrogens with zero attached hydrogens (tertiary/aromatic N) is 3. The molecule has 1 saturated heterocycles. The van der Waals surface area contributed by atoms with Gasteiger partial charge >= 0.3 is 11.7 Å². The summed E-state index contributed by atoms with van der Waals surface area (Å²) in [5.74, 6) is 0. The summed E-state index contributed by atoms with van der Waals surface area (Å²) in [5.41, 5.74) is 0.574. The summed E-state index contributed by atoms with van der Waals surface area (Å²) >= 11 is 5.86. The van der Waals surface area contributed by atoms with Crippen LogP contribution in [0.3, 0.4) is 0 Å². The fourth-order valence-electron chi connectivity index (χ4n) is 3.56. The van der Waals surface area contributed by atoms with Crippen molar-refractivity contribution in [2.24, 2.45) is 0 Å². The Labute approximate surface area is 174 Å². The molecule has 1 aromatic heterocycles. The third-order valence-corrected chi connectivity index (χ3v) is 5.33. The van der Waals surface area contributed by atoms with Crippen molar-refractivity contribution in [2.75, 3.05) is 23.3 Å². The number of benzene rings is 1. The third kappa shape index (κ3) is 4.82. The van der Waals surface area contributed by atoms with E-state index in [4.69, 9.17) is 11.6 Å². The molecule has 2 aromatic rings. The van der Waals surface area contributed by atoms with Crippen LogP contribution in [0.2, 0.25) is 5.02 Å². The van der Waals surface area contributed by atoms with E-state index in [0.717, 1.165) is 12.8 Å². The maximum absolute atomic E-state index is 12.8. The van der Waals surface area contributed by atoms with Gasteiger partial charge in [-0.1, -0.05) is 11.6 Å². The molecule has 1 atom stereocenters. The quantitative estimate of drug-likeness (QED) is 0.779. The zero-order chi connectivity index (χ0) is 21.0. The van der Waals surface area contributed by atoms with Crippen molar-refractivity contribution >= 4 is 29.0 Å². The minimum absolute atomic E-state index is 0.104. The SMILES string of the molecule is CCn1cc(N2CCCC(NC(=O)Nc3ccc(Cl)cc3)C2)c(=O)n(CC)c1=O. The zero-order valence-corrected chi connectivity index (χ0v) is 17.4. The standard InChI is InChI=1S/C20H26ClN5O3/c1-3-24-13-17(18(27)26(4-2)20(24)29)25-11-5-6-16(12-25)23-19(28)22-15-9-7-14(21)8-10-15/h7-10,13,16H,3-6,11-12H2,1-2H3,(H2,22,23,28). The Hall–Kier alpha value is -2.74. The number of carbonyl (C=O) groups is 1. The molecule has 2 N–H and O–H groups in total. The maximum Gasteiger partial charge on any atom is 0.331 e.